The predicted octanol–water partition coefficient (Wildman–Crippen LogP) is 4.19. The number of amides is 1. The summed E-state index contributed by atoms with van der Waals surface area (Å²) >= 11 is 0. The zero-order chi connectivity index (χ0) is 20.6. The summed E-state index contributed by atoms with van der Waals surface area (Å²) in [6.45, 7) is 3.71. The maximum absolute atomic E-state index is 12.4. The SMILES string of the molecule is CCOc1ccc(OCC(=O)O[C@H](C)C(=O)Nc2cccc3ccccc23)cc1. The van der Waals surface area contributed by atoms with Crippen molar-refractivity contribution in [3.8, 4) is 11.5 Å². The van der Waals surface area contributed by atoms with Gasteiger partial charge in [0.25, 0.3) is 5.91 Å². The molecule has 0 aliphatic rings. The summed E-state index contributed by atoms with van der Waals surface area (Å²) in [7, 11) is 0. The van der Waals surface area contributed by atoms with E-state index in [9.17, 15) is 9.59 Å². The van der Waals surface area contributed by atoms with Gasteiger partial charge in [-0.2, -0.15) is 0 Å². The summed E-state index contributed by atoms with van der Waals surface area (Å²) in [6.07, 6.45) is -0.953. The highest BCUT2D eigenvalue weighted by Gasteiger charge is 2.19. The quantitative estimate of drug-likeness (QED) is 0.581. The lowest BCUT2D eigenvalue weighted by Crippen LogP contribution is -2.31. The predicted molar refractivity (Wildman–Crippen MR) is 111 cm³/mol. The third-order valence-corrected chi connectivity index (χ3v) is 4.22. The van der Waals surface area contributed by atoms with Gasteiger partial charge in [0.05, 0.1) is 6.61 Å². The fourth-order valence-corrected chi connectivity index (χ4v) is 2.79. The molecule has 0 aromatic heterocycles. The van der Waals surface area contributed by atoms with E-state index < -0.39 is 18.0 Å². The first kappa shape index (κ1) is 20.2. The van der Waals surface area contributed by atoms with Crippen LogP contribution in [0.15, 0.2) is 66.7 Å². The topological polar surface area (TPSA) is 73.9 Å². The van der Waals surface area contributed by atoms with Crippen molar-refractivity contribution in [3.63, 3.8) is 0 Å². The molecule has 1 amide bonds. The molecular weight excluding hydrogens is 370 g/mol. The number of hydrogen-bond acceptors (Lipinski definition) is 5. The van der Waals surface area contributed by atoms with Crippen LogP contribution in [-0.4, -0.2) is 31.2 Å². The zero-order valence-corrected chi connectivity index (χ0v) is 16.4. The minimum Gasteiger partial charge on any atom is -0.494 e. The highest BCUT2D eigenvalue weighted by atomic mass is 16.6. The van der Waals surface area contributed by atoms with Crippen molar-refractivity contribution in [1.29, 1.82) is 0 Å². The lowest BCUT2D eigenvalue weighted by atomic mass is 10.1. The van der Waals surface area contributed by atoms with Crippen LogP contribution in [0.1, 0.15) is 13.8 Å². The van der Waals surface area contributed by atoms with Gasteiger partial charge in [-0.1, -0.05) is 36.4 Å². The van der Waals surface area contributed by atoms with Crippen LogP contribution in [0.5, 0.6) is 11.5 Å². The Kier molecular flexibility index (Phi) is 6.68. The van der Waals surface area contributed by atoms with Gasteiger partial charge in [-0.15, -0.1) is 0 Å². The molecule has 1 N–H and O–H groups in total. The molecule has 6 nitrogen and oxygen atoms in total. The number of ether oxygens (including phenoxy) is 3. The number of esters is 1. The molecule has 6 heteroatoms. The van der Waals surface area contributed by atoms with Crippen molar-refractivity contribution in [1.82, 2.24) is 0 Å². The molecule has 150 valence electrons. The number of carbonyl (C=O) groups excluding carboxylic acids is 2. The molecule has 0 saturated carbocycles. The van der Waals surface area contributed by atoms with Crippen molar-refractivity contribution >= 4 is 28.3 Å². The molecule has 0 bridgehead atoms. The van der Waals surface area contributed by atoms with Crippen LogP contribution >= 0.6 is 0 Å². The summed E-state index contributed by atoms with van der Waals surface area (Å²) in [5.74, 6) is 0.203. The maximum atomic E-state index is 12.4. The van der Waals surface area contributed by atoms with E-state index in [1.54, 1.807) is 24.3 Å². The van der Waals surface area contributed by atoms with E-state index in [2.05, 4.69) is 5.32 Å². The Hall–Kier alpha value is -3.54. The molecule has 0 saturated heterocycles. The van der Waals surface area contributed by atoms with E-state index in [-0.39, 0.29) is 6.61 Å². The van der Waals surface area contributed by atoms with Crippen molar-refractivity contribution in [2.24, 2.45) is 0 Å². The summed E-state index contributed by atoms with van der Waals surface area (Å²) in [5.41, 5.74) is 0.668. The van der Waals surface area contributed by atoms with Crippen LogP contribution in [0, 0.1) is 0 Å². The van der Waals surface area contributed by atoms with Crippen LogP contribution in [0.4, 0.5) is 5.69 Å². The fraction of sp³-hybridized carbons (Fsp3) is 0.217. The molecular formula is C23H23NO5. The average Bonchev–Trinajstić information content (AvgIpc) is 2.73. The molecule has 0 unspecified atom stereocenters. The minimum atomic E-state index is -0.953. The normalized spacial score (nSPS) is 11.5. The van der Waals surface area contributed by atoms with Gasteiger partial charge >= 0.3 is 5.97 Å². The largest absolute Gasteiger partial charge is 0.494 e. The Morgan fingerprint density at radius 1 is 0.897 bits per heavy atom. The number of fused-ring (bicyclic) bond motifs is 1. The van der Waals surface area contributed by atoms with Gasteiger partial charge in [-0.05, 0) is 49.6 Å². The van der Waals surface area contributed by atoms with E-state index in [4.69, 9.17) is 14.2 Å². The Morgan fingerprint density at radius 3 is 2.28 bits per heavy atom. The van der Waals surface area contributed by atoms with E-state index in [0.29, 0.717) is 18.0 Å². The molecule has 3 aromatic rings. The van der Waals surface area contributed by atoms with Gasteiger partial charge in [-0.25, -0.2) is 4.79 Å². The van der Waals surface area contributed by atoms with Crippen molar-refractivity contribution in [2.45, 2.75) is 20.0 Å². The van der Waals surface area contributed by atoms with Gasteiger partial charge in [0.2, 0.25) is 0 Å². The Morgan fingerprint density at radius 2 is 1.55 bits per heavy atom. The van der Waals surface area contributed by atoms with Gasteiger partial charge in [-0.3, -0.25) is 4.79 Å². The average molecular weight is 393 g/mol. The molecule has 0 fully saturated rings. The number of rotatable bonds is 8. The molecule has 1 atom stereocenters. The highest BCUT2D eigenvalue weighted by molar-refractivity contribution is 6.03. The van der Waals surface area contributed by atoms with E-state index in [1.165, 1.54) is 6.92 Å². The molecule has 0 aliphatic heterocycles. The lowest BCUT2D eigenvalue weighted by molar-refractivity contribution is -0.155. The first-order valence-electron chi connectivity index (χ1n) is 9.40. The Bertz CT molecular complexity index is 979. The van der Waals surface area contributed by atoms with Crippen LogP contribution in [-0.2, 0) is 14.3 Å². The summed E-state index contributed by atoms with van der Waals surface area (Å²) in [6, 6.07) is 20.3. The van der Waals surface area contributed by atoms with Crippen molar-refractivity contribution in [2.75, 3.05) is 18.5 Å². The number of benzene rings is 3. The third kappa shape index (κ3) is 5.48. The Labute approximate surface area is 169 Å². The second-order valence-corrected chi connectivity index (χ2v) is 6.34. The highest BCUT2D eigenvalue weighted by Crippen LogP contribution is 2.23. The molecule has 0 aliphatic carbocycles. The van der Waals surface area contributed by atoms with Gasteiger partial charge in [0.15, 0.2) is 12.7 Å². The van der Waals surface area contributed by atoms with Gasteiger partial charge in [0.1, 0.15) is 11.5 Å². The Balaban J connectivity index is 1.51. The van der Waals surface area contributed by atoms with E-state index in [1.807, 2.05) is 49.4 Å². The van der Waals surface area contributed by atoms with Gasteiger partial charge < -0.3 is 19.5 Å². The number of carbonyl (C=O) groups is 2. The van der Waals surface area contributed by atoms with Crippen LogP contribution in [0.3, 0.4) is 0 Å². The maximum Gasteiger partial charge on any atom is 0.344 e. The van der Waals surface area contributed by atoms with Crippen LogP contribution in [0.2, 0.25) is 0 Å². The molecule has 3 aromatic carbocycles. The monoisotopic (exact) mass is 393 g/mol. The molecule has 0 heterocycles. The standard InChI is InChI=1S/C23H23NO5/c1-3-27-18-11-13-19(14-12-18)28-15-22(25)29-16(2)23(26)24-21-10-6-8-17-7-4-5-9-20(17)21/h4-14,16H,3,15H2,1-2H3,(H,24,26)/t16-/m1/s1. The van der Waals surface area contributed by atoms with Crippen molar-refractivity contribution in [3.05, 3.63) is 66.7 Å². The summed E-state index contributed by atoms with van der Waals surface area (Å²) in [4.78, 5) is 24.4. The number of hydrogen-bond donors (Lipinski definition) is 1. The minimum absolute atomic E-state index is 0.292. The second-order valence-electron chi connectivity index (χ2n) is 6.34. The summed E-state index contributed by atoms with van der Waals surface area (Å²) < 4.78 is 15.9. The van der Waals surface area contributed by atoms with E-state index in [0.717, 1.165) is 16.5 Å². The molecule has 3 rings (SSSR count). The number of nitrogens with one attached hydrogen (secondary N) is 1. The molecule has 0 radical (unpaired) electrons. The van der Waals surface area contributed by atoms with Crippen molar-refractivity contribution < 1.29 is 23.8 Å². The van der Waals surface area contributed by atoms with Crippen LogP contribution in [0.25, 0.3) is 10.8 Å². The third-order valence-electron chi connectivity index (χ3n) is 4.22. The second kappa shape index (κ2) is 9.59. The van der Waals surface area contributed by atoms with Crippen LogP contribution < -0.4 is 14.8 Å². The fourth-order valence-electron chi connectivity index (χ4n) is 2.79. The number of anilines is 1. The van der Waals surface area contributed by atoms with E-state index >= 15 is 0 Å². The first-order chi connectivity index (χ1) is 14.1. The lowest BCUT2D eigenvalue weighted by Gasteiger charge is -2.15. The summed E-state index contributed by atoms with van der Waals surface area (Å²) in [5, 5.41) is 4.74. The first-order valence-corrected chi connectivity index (χ1v) is 9.40. The molecule has 0 spiro atoms. The van der Waals surface area contributed by atoms with Gasteiger partial charge in [0, 0.05) is 11.1 Å². The smallest absolute Gasteiger partial charge is 0.344 e. The zero-order valence-electron chi connectivity index (χ0n) is 16.4. The molecule has 29 heavy (non-hydrogen) atoms.